The minimum atomic E-state index is -5.04. The number of ether oxygens (including phenoxy) is 1. The van der Waals surface area contributed by atoms with Crippen molar-refractivity contribution in [2.75, 3.05) is 32.5 Å². The number of fused-ring (bicyclic) bond motifs is 3. The molecule has 0 spiro atoms. The third kappa shape index (κ3) is 16.6. The Kier molecular flexibility index (Phi) is 20.8. The molecule has 2 N–H and O–H groups in total. The van der Waals surface area contributed by atoms with E-state index in [2.05, 4.69) is 74.9 Å². The van der Waals surface area contributed by atoms with Gasteiger partial charge in [0.25, 0.3) is 0 Å². The quantitative estimate of drug-likeness (QED) is 0.0541. The lowest BCUT2D eigenvalue weighted by atomic mass is 9.98. The van der Waals surface area contributed by atoms with Crippen LogP contribution in [-0.2, 0) is 29.0 Å². The highest BCUT2D eigenvalue weighted by molar-refractivity contribution is 14.1. The van der Waals surface area contributed by atoms with Gasteiger partial charge in [-0.25, -0.2) is 28.5 Å². The van der Waals surface area contributed by atoms with Crippen molar-refractivity contribution < 1.29 is 36.3 Å². The molecule has 0 unspecified atom stereocenters. The van der Waals surface area contributed by atoms with Crippen LogP contribution in [0.2, 0.25) is 10.0 Å². The number of pyridine rings is 6. The number of benzene rings is 2. The number of nitrogens with zero attached hydrogens (tertiary/aromatic N) is 11. The second kappa shape index (κ2) is 28.2. The smallest absolute Gasteiger partial charge is 0.444 e. The SMILES string of the molecule is C.CN(CCn1cc(-c2cnc3ccc(I)nc3c2)cn1)C(=O)OC(C)(C)C.CNCCn1cc(-c2cnc3ccc(C4=C(c5cc(Cl)ccc5F)Cc5cccnc54)nc3c2)cn1.O=C(Nc1cccnc1C#Cc1cc(Cl)ccc1F)C(F)(F)F. The number of rotatable bonds is 11. The Morgan fingerprint density at radius 3 is 2.01 bits per heavy atom. The van der Waals surface area contributed by atoms with Gasteiger partial charge in [-0.1, -0.05) is 42.6 Å². The lowest BCUT2D eigenvalue weighted by molar-refractivity contribution is -0.167. The molecule has 0 bridgehead atoms. The van der Waals surface area contributed by atoms with Gasteiger partial charge in [-0.2, -0.15) is 23.4 Å². The summed E-state index contributed by atoms with van der Waals surface area (Å²) in [6, 6.07) is 26.6. The Hall–Kier alpha value is -8.76. The molecule has 1 aliphatic rings. The molecule has 2 aromatic carbocycles. The molecule has 0 saturated carbocycles. The van der Waals surface area contributed by atoms with Crippen molar-refractivity contribution in [3.05, 3.63) is 206 Å². The van der Waals surface area contributed by atoms with Crippen LogP contribution in [-0.4, -0.2) is 105 Å². The van der Waals surface area contributed by atoms with E-state index >= 15 is 0 Å². The average molecular weight is 1340 g/mol. The normalized spacial score (nSPS) is 11.8. The minimum absolute atomic E-state index is 0. The van der Waals surface area contributed by atoms with Crippen LogP contribution < -0.4 is 10.6 Å². The van der Waals surface area contributed by atoms with Crippen LogP contribution in [0.5, 0.6) is 0 Å². The summed E-state index contributed by atoms with van der Waals surface area (Å²) in [5, 5.41) is 14.4. The minimum Gasteiger partial charge on any atom is -0.444 e. The Morgan fingerprint density at radius 2 is 1.34 bits per heavy atom. The molecular weight excluding hydrogens is 1280 g/mol. The van der Waals surface area contributed by atoms with Crippen LogP contribution in [0.15, 0.2) is 147 Å². The molecule has 8 heterocycles. The lowest BCUT2D eigenvalue weighted by Crippen LogP contribution is -2.35. The number of likely N-dealkylation sites (N-methyl/N-ethyl adjacent to an activating group) is 2. The highest BCUT2D eigenvalue weighted by Gasteiger charge is 2.39. The van der Waals surface area contributed by atoms with Crippen molar-refractivity contribution >= 4 is 96.7 Å². The van der Waals surface area contributed by atoms with Crippen molar-refractivity contribution in [2.24, 2.45) is 0 Å². The molecule has 11 rings (SSSR count). The van der Waals surface area contributed by atoms with E-state index in [4.69, 9.17) is 32.9 Å². The van der Waals surface area contributed by atoms with E-state index in [9.17, 15) is 31.5 Å². The van der Waals surface area contributed by atoms with Crippen LogP contribution in [0.25, 0.3) is 55.5 Å². The molecule has 0 fully saturated rings. The van der Waals surface area contributed by atoms with Crippen LogP contribution >= 0.6 is 45.8 Å². The van der Waals surface area contributed by atoms with Gasteiger partial charge in [-0.3, -0.25) is 29.1 Å². The van der Waals surface area contributed by atoms with E-state index in [1.165, 1.54) is 36.5 Å². The van der Waals surface area contributed by atoms with E-state index in [0.29, 0.717) is 30.1 Å². The molecule has 24 heteroatoms. The molecular formula is C63H55Cl2F5IN13O3. The number of anilines is 1. The van der Waals surface area contributed by atoms with Gasteiger partial charge in [-0.15, -0.1) is 0 Å². The Bertz CT molecular complexity index is 4260. The molecule has 8 aromatic heterocycles. The first-order valence-corrected chi connectivity index (χ1v) is 28.2. The van der Waals surface area contributed by atoms with E-state index < -0.39 is 23.5 Å². The zero-order valence-corrected chi connectivity index (χ0v) is 50.2. The third-order valence-electron chi connectivity index (χ3n) is 12.8. The number of carbonyl (C=O) groups is 2. The predicted molar refractivity (Wildman–Crippen MR) is 335 cm³/mol. The number of aromatic nitrogens is 10. The second-order valence-electron chi connectivity index (χ2n) is 20.2. The molecule has 1 aliphatic carbocycles. The zero-order chi connectivity index (χ0) is 61.3. The standard InChI is InChI=1S/C28H22ClFN6.C19H22IN5O2.C15H7ClF4N2O.CH4/c1-31-9-10-36-16-19(15-34-36)18-12-26-24(33-14-18)6-7-25(35-26)27-22(11-17-3-2-8-32-28(17)27)21-13-20(29)4-5-23(21)30;1-19(2,3)27-18(26)24(4)7-8-25-12-14(11-22-25)13-9-16-15(21-10-13)5-6-17(20)23-16;16-10-4-5-11(17)9(8-10)3-6-12-13(2-1-7-21-12)22-14(23)15(18,19)20;/h2-8,12-16,31H,9-11H2,1H3;5-6,9-12H,7-8H2,1-4H3;1-2,4-5,7-8H,(H,22,23);1H4. The summed E-state index contributed by atoms with van der Waals surface area (Å²) < 4.78 is 75.3. The maximum atomic E-state index is 15.0. The highest BCUT2D eigenvalue weighted by Crippen LogP contribution is 2.42. The number of amides is 2. The molecule has 10 aromatic rings. The molecule has 16 nitrogen and oxygen atoms in total. The van der Waals surface area contributed by atoms with Crippen molar-refractivity contribution in [3.8, 4) is 34.1 Å². The zero-order valence-electron chi connectivity index (χ0n) is 46.6. The predicted octanol–water partition coefficient (Wildman–Crippen LogP) is 13.8. The van der Waals surface area contributed by atoms with E-state index in [1.54, 1.807) is 41.8 Å². The van der Waals surface area contributed by atoms with Gasteiger partial charge in [0.2, 0.25) is 0 Å². The summed E-state index contributed by atoms with van der Waals surface area (Å²) in [5.74, 6) is 1.72. The maximum absolute atomic E-state index is 15.0. The van der Waals surface area contributed by atoms with Crippen molar-refractivity contribution in [1.29, 1.82) is 0 Å². The summed E-state index contributed by atoms with van der Waals surface area (Å²) in [5.41, 5.74) is 10.8. The number of carbonyl (C=O) groups excluding carboxylic acids is 2. The molecule has 446 valence electrons. The highest BCUT2D eigenvalue weighted by atomic mass is 127. The maximum Gasteiger partial charge on any atom is 0.471 e. The molecule has 87 heavy (non-hydrogen) atoms. The topological polar surface area (TPSA) is 184 Å². The summed E-state index contributed by atoms with van der Waals surface area (Å²) >= 11 is 14.2. The average Bonchev–Trinajstić information content (AvgIpc) is 1.73. The Labute approximate surface area is 521 Å². The van der Waals surface area contributed by atoms with E-state index in [1.807, 2.05) is 117 Å². The van der Waals surface area contributed by atoms with Gasteiger partial charge in [0.05, 0.1) is 70.2 Å². The van der Waals surface area contributed by atoms with Crippen LogP contribution in [0, 0.1) is 27.2 Å². The molecule has 0 atom stereocenters. The lowest BCUT2D eigenvalue weighted by Gasteiger charge is -2.24. The molecule has 0 aliphatic heterocycles. The summed E-state index contributed by atoms with van der Waals surface area (Å²) in [7, 11) is 3.64. The van der Waals surface area contributed by atoms with Crippen LogP contribution in [0.1, 0.15) is 62.0 Å². The molecule has 0 radical (unpaired) electrons. The van der Waals surface area contributed by atoms with Gasteiger partial charge < -0.3 is 20.3 Å². The first-order valence-electron chi connectivity index (χ1n) is 26.4. The fourth-order valence-electron chi connectivity index (χ4n) is 8.60. The Morgan fingerprint density at radius 1 is 0.724 bits per heavy atom. The van der Waals surface area contributed by atoms with E-state index in [0.717, 1.165) is 95.3 Å². The van der Waals surface area contributed by atoms with Gasteiger partial charge in [-0.05, 0) is 158 Å². The van der Waals surface area contributed by atoms with Crippen LogP contribution in [0.3, 0.4) is 0 Å². The third-order valence-corrected chi connectivity index (χ3v) is 13.9. The van der Waals surface area contributed by atoms with Crippen molar-refractivity contribution in [2.45, 2.75) is 59.5 Å². The number of alkyl halides is 3. The first-order chi connectivity index (χ1) is 41.1. The van der Waals surface area contributed by atoms with Crippen LogP contribution in [0.4, 0.5) is 32.4 Å². The fraction of sp³-hybridized carbons (Fsp3) is 0.206. The van der Waals surface area contributed by atoms with Gasteiger partial charge in [0.1, 0.15) is 26.6 Å². The van der Waals surface area contributed by atoms with Gasteiger partial charge in [0.15, 0.2) is 0 Å². The second-order valence-corrected chi connectivity index (χ2v) is 22.2. The number of hydrogen-bond acceptors (Lipinski definition) is 12. The number of halogens is 8. The largest absolute Gasteiger partial charge is 0.471 e. The molecule has 2 amide bonds. The Balaban J connectivity index is 0.000000174. The van der Waals surface area contributed by atoms with Crippen molar-refractivity contribution in [3.63, 3.8) is 0 Å². The monoisotopic (exact) mass is 1330 g/mol. The fourth-order valence-corrected chi connectivity index (χ4v) is 9.39. The van der Waals surface area contributed by atoms with Gasteiger partial charge >= 0.3 is 18.2 Å². The summed E-state index contributed by atoms with van der Waals surface area (Å²) in [6.45, 7) is 8.26. The number of nitrogens with one attached hydrogen (secondary N) is 2. The molecule has 0 saturated heterocycles. The number of hydrogen-bond donors (Lipinski definition) is 2. The summed E-state index contributed by atoms with van der Waals surface area (Å²) in [6.07, 6.45) is 9.44. The first kappa shape index (κ1) is 64.2. The summed E-state index contributed by atoms with van der Waals surface area (Å²) in [4.78, 5) is 51.5. The number of allylic oxidation sites excluding steroid dienone is 1. The van der Waals surface area contributed by atoms with Gasteiger partial charge in [0, 0.05) is 107 Å². The van der Waals surface area contributed by atoms with Crippen molar-refractivity contribution in [1.82, 2.24) is 59.7 Å². The van der Waals surface area contributed by atoms with E-state index in [-0.39, 0.29) is 41.3 Å².